The Hall–Kier alpha value is -3.23. The highest BCUT2D eigenvalue weighted by atomic mass is 16.2. The van der Waals surface area contributed by atoms with Crippen molar-refractivity contribution in [1.82, 2.24) is 25.0 Å². The molecule has 0 saturated carbocycles. The van der Waals surface area contributed by atoms with Crippen LogP contribution in [0.5, 0.6) is 0 Å². The summed E-state index contributed by atoms with van der Waals surface area (Å²) in [5, 5.41) is 10.9. The third-order valence-corrected chi connectivity index (χ3v) is 5.33. The molecule has 9 nitrogen and oxygen atoms in total. The summed E-state index contributed by atoms with van der Waals surface area (Å²) in [5.41, 5.74) is 0.936. The van der Waals surface area contributed by atoms with Gasteiger partial charge in [0.2, 0.25) is 5.91 Å². The largest absolute Gasteiger partial charge is 0.329 e. The molecule has 29 heavy (non-hydrogen) atoms. The zero-order chi connectivity index (χ0) is 20.7. The van der Waals surface area contributed by atoms with Crippen molar-refractivity contribution in [3.8, 4) is 0 Å². The van der Waals surface area contributed by atoms with Crippen molar-refractivity contribution in [2.24, 2.45) is 0 Å². The smallest absolute Gasteiger partial charge is 0.328 e. The molecular formula is C20H24N6O3. The molecule has 1 atom stereocenters. The van der Waals surface area contributed by atoms with E-state index in [1.165, 1.54) is 4.90 Å². The third kappa shape index (κ3) is 3.37. The summed E-state index contributed by atoms with van der Waals surface area (Å²) in [6.45, 7) is 7.34. The van der Waals surface area contributed by atoms with Gasteiger partial charge in [-0.15, -0.1) is 10.2 Å². The van der Waals surface area contributed by atoms with Crippen LogP contribution in [-0.2, 0) is 11.3 Å². The van der Waals surface area contributed by atoms with Crippen LogP contribution in [0.2, 0.25) is 0 Å². The minimum Gasteiger partial charge on any atom is -0.329 e. The molecule has 0 unspecified atom stereocenters. The van der Waals surface area contributed by atoms with Crippen LogP contribution < -0.4 is 10.2 Å². The second kappa shape index (κ2) is 7.31. The minimum absolute atomic E-state index is 0.0539. The van der Waals surface area contributed by atoms with E-state index in [-0.39, 0.29) is 36.7 Å². The number of carbonyl (C=O) groups excluding carboxylic acids is 3. The van der Waals surface area contributed by atoms with Gasteiger partial charge in [0.05, 0.1) is 23.8 Å². The van der Waals surface area contributed by atoms with E-state index in [0.29, 0.717) is 24.3 Å². The van der Waals surface area contributed by atoms with Gasteiger partial charge in [-0.25, -0.2) is 4.79 Å². The number of hydrogen-bond donors (Lipinski definition) is 1. The number of benzene rings is 1. The fourth-order valence-corrected chi connectivity index (χ4v) is 3.96. The monoisotopic (exact) mass is 396 g/mol. The molecule has 3 heterocycles. The second-order valence-corrected chi connectivity index (χ2v) is 7.81. The average Bonchev–Trinajstić information content (AvgIpc) is 3.12. The minimum atomic E-state index is -0.505. The molecule has 1 aromatic heterocycles. The van der Waals surface area contributed by atoms with Crippen molar-refractivity contribution in [1.29, 1.82) is 0 Å². The topological polar surface area (TPSA) is 100 Å². The molecule has 4 rings (SSSR count). The third-order valence-electron chi connectivity index (χ3n) is 5.33. The zero-order valence-electron chi connectivity index (χ0n) is 16.8. The Morgan fingerprint density at radius 3 is 2.69 bits per heavy atom. The maximum absolute atomic E-state index is 13.4. The van der Waals surface area contributed by atoms with E-state index < -0.39 is 6.03 Å². The Balaban J connectivity index is 1.63. The Kier molecular flexibility index (Phi) is 4.81. The lowest BCUT2D eigenvalue weighted by molar-refractivity contribution is -0.120. The number of nitrogens with zero attached hydrogens (tertiary/aromatic N) is 5. The van der Waals surface area contributed by atoms with Gasteiger partial charge in [0, 0.05) is 25.4 Å². The first-order chi connectivity index (χ1) is 13.9. The lowest BCUT2D eigenvalue weighted by atomic mass is 10.1. The van der Waals surface area contributed by atoms with Gasteiger partial charge in [0.1, 0.15) is 5.82 Å². The van der Waals surface area contributed by atoms with E-state index in [1.54, 1.807) is 29.2 Å². The van der Waals surface area contributed by atoms with Crippen LogP contribution >= 0.6 is 0 Å². The van der Waals surface area contributed by atoms with Gasteiger partial charge >= 0.3 is 6.03 Å². The highest BCUT2D eigenvalue weighted by molar-refractivity contribution is 6.09. The van der Waals surface area contributed by atoms with E-state index >= 15 is 0 Å². The van der Waals surface area contributed by atoms with Crippen molar-refractivity contribution >= 4 is 23.5 Å². The normalized spacial score (nSPS) is 19.4. The molecule has 2 aliphatic rings. The quantitative estimate of drug-likeness (QED) is 0.856. The Labute approximate surface area is 168 Å². The Bertz CT molecular complexity index is 982. The summed E-state index contributed by atoms with van der Waals surface area (Å²) in [7, 11) is 0. The van der Waals surface area contributed by atoms with E-state index in [0.717, 1.165) is 11.6 Å². The number of anilines is 1. The second-order valence-electron chi connectivity index (χ2n) is 7.81. The SMILES string of the molecule is CC(C)c1nnc2n1[C@@H](C)CN(C(=O)c1ccccc1N1CCC(=O)NC1=O)C2. The van der Waals surface area contributed by atoms with Crippen LogP contribution in [0.3, 0.4) is 0 Å². The molecule has 152 valence electrons. The van der Waals surface area contributed by atoms with Crippen molar-refractivity contribution in [2.45, 2.75) is 45.7 Å². The molecule has 0 bridgehead atoms. The standard InChI is InChI=1S/C20H24N6O3/c1-12(2)18-23-22-16-11-24(10-13(3)26(16)18)19(28)14-6-4-5-7-15(14)25-9-8-17(27)21-20(25)29/h4-7,12-13H,8-11H2,1-3H3,(H,21,27,29)/t13-/m0/s1. The van der Waals surface area contributed by atoms with Crippen LogP contribution in [0.1, 0.15) is 61.2 Å². The van der Waals surface area contributed by atoms with Gasteiger partial charge in [-0.3, -0.25) is 19.8 Å². The Morgan fingerprint density at radius 2 is 1.97 bits per heavy atom. The maximum atomic E-state index is 13.4. The summed E-state index contributed by atoms with van der Waals surface area (Å²) in [6, 6.07) is 6.55. The van der Waals surface area contributed by atoms with Crippen molar-refractivity contribution in [3.63, 3.8) is 0 Å². The number of carbonyl (C=O) groups is 3. The summed E-state index contributed by atoms with van der Waals surface area (Å²) in [6.07, 6.45) is 0.204. The van der Waals surface area contributed by atoms with E-state index in [2.05, 4.69) is 33.9 Å². The zero-order valence-corrected chi connectivity index (χ0v) is 16.8. The van der Waals surface area contributed by atoms with Crippen LogP contribution in [0.25, 0.3) is 0 Å². The number of aromatic nitrogens is 3. The number of fused-ring (bicyclic) bond motifs is 1. The van der Waals surface area contributed by atoms with E-state index in [4.69, 9.17) is 0 Å². The van der Waals surface area contributed by atoms with Crippen molar-refractivity contribution in [3.05, 3.63) is 41.5 Å². The van der Waals surface area contributed by atoms with Gasteiger partial charge < -0.3 is 9.47 Å². The van der Waals surface area contributed by atoms with Crippen LogP contribution in [0.4, 0.5) is 10.5 Å². The summed E-state index contributed by atoms with van der Waals surface area (Å²) in [5.74, 6) is 1.47. The fraction of sp³-hybridized carbons (Fsp3) is 0.450. The number of hydrogen-bond acceptors (Lipinski definition) is 5. The summed E-state index contributed by atoms with van der Waals surface area (Å²) >= 11 is 0. The molecule has 0 spiro atoms. The molecule has 1 saturated heterocycles. The number of nitrogens with one attached hydrogen (secondary N) is 1. The molecule has 2 aliphatic heterocycles. The van der Waals surface area contributed by atoms with Crippen molar-refractivity contribution in [2.75, 3.05) is 18.0 Å². The first kappa shape index (κ1) is 19.1. The lowest BCUT2D eigenvalue weighted by Crippen LogP contribution is -2.50. The van der Waals surface area contributed by atoms with E-state index in [9.17, 15) is 14.4 Å². The molecule has 1 fully saturated rings. The summed E-state index contributed by atoms with van der Waals surface area (Å²) < 4.78 is 2.12. The van der Waals surface area contributed by atoms with Gasteiger partial charge in [-0.05, 0) is 19.1 Å². The predicted octanol–water partition coefficient (Wildman–Crippen LogP) is 2.06. The molecule has 1 aromatic carbocycles. The molecule has 1 N–H and O–H groups in total. The highest BCUT2D eigenvalue weighted by Gasteiger charge is 2.33. The molecule has 9 heteroatoms. The van der Waals surface area contributed by atoms with Crippen LogP contribution in [0, 0.1) is 0 Å². The number of imide groups is 1. The van der Waals surface area contributed by atoms with Crippen LogP contribution in [0.15, 0.2) is 24.3 Å². The lowest BCUT2D eigenvalue weighted by Gasteiger charge is -2.34. The van der Waals surface area contributed by atoms with E-state index in [1.807, 2.05) is 6.92 Å². The van der Waals surface area contributed by atoms with Crippen molar-refractivity contribution < 1.29 is 14.4 Å². The number of urea groups is 1. The molecule has 4 amide bonds. The fourth-order valence-electron chi connectivity index (χ4n) is 3.96. The summed E-state index contributed by atoms with van der Waals surface area (Å²) in [4.78, 5) is 40.3. The molecule has 2 aromatic rings. The Morgan fingerprint density at radius 1 is 1.21 bits per heavy atom. The first-order valence-electron chi connectivity index (χ1n) is 9.80. The highest BCUT2D eigenvalue weighted by Crippen LogP contribution is 2.29. The van der Waals surface area contributed by atoms with Crippen LogP contribution in [-0.4, -0.2) is 50.6 Å². The average molecular weight is 396 g/mol. The molecular weight excluding hydrogens is 372 g/mol. The molecule has 0 aliphatic carbocycles. The van der Waals surface area contributed by atoms with Gasteiger partial charge in [-0.2, -0.15) is 0 Å². The number of amides is 4. The number of para-hydroxylation sites is 1. The van der Waals surface area contributed by atoms with Gasteiger partial charge in [0.25, 0.3) is 5.91 Å². The predicted molar refractivity (Wildman–Crippen MR) is 106 cm³/mol. The van der Waals surface area contributed by atoms with Gasteiger partial charge in [-0.1, -0.05) is 26.0 Å². The van der Waals surface area contributed by atoms with Gasteiger partial charge in [0.15, 0.2) is 5.82 Å². The maximum Gasteiger partial charge on any atom is 0.328 e. The molecule has 0 radical (unpaired) electrons. The first-order valence-corrected chi connectivity index (χ1v) is 9.80. The number of rotatable bonds is 3.